The molecular weight excluding hydrogens is 324 g/mol. The number of ether oxygens (including phenoxy) is 1. The minimum Gasteiger partial charge on any atom is -0.497 e. The van der Waals surface area contributed by atoms with Gasteiger partial charge >= 0.3 is 0 Å². The maximum absolute atomic E-state index is 12.8. The van der Waals surface area contributed by atoms with Gasteiger partial charge < -0.3 is 15.0 Å². The van der Waals surface area contributed by atoms with Crippen molar-refractivity contribution in [2.75, 3.05) is 27.7 Å². The van der Waals surface area contributed by atoms with Crippen molar-refractivity contribution < 1.29 is 9.53 Å². The highest BCUT2D eigenvalue weighted by molar-refractivity contribution is 6.01. The number of likely N-dealkylation sites (N-methyl/N-ethyl adjacent to an activating group) is 1. The quantitative estimate of drug-likeness (QED) is 0.865. The summed E-state index contributed by atoms with van der Waals surface area (Å²) >= 11 is 0. The Bertz CT molecular complexity index is 826. The summed E-state index contributed by atoms with van der Waals surface area (Å²) in [4.78, 5) is 14.9. The van der Waals surface area contributed by atoms with Crippen LogP contribution < -0.4 is 10.1 Å². The summed E-state index contributed by atoms with van der Waals surface area (Å²) in [6.07, 6.45) is 2.01. The van der Waals surface area contributed by atoms with Gasteiger partial charge in [-0.25, -0.2) is 0 Å². The molecule has 136 valence electrons. The lowest BCUT2D eigenvalue weighted by atomic mass is 9.97. The summed E-state index contributed by atoms with van der Waals surface area (Å²) in [5.74, 6) is 0.951. The van der Waals surface area contributed by atoms with Crippen LogP contribution in [0.5, 0.6) is 5.75 Å². The molecule has 0 fully saturated rings. The lowest BCUT2D eigenvalue weighted by Crippen LogP contribution is -2.35. The number of hydrogen-bond acceptors (Lipinski definition) is 3. The third-order valence-electron chi connectivity index (χ3n) is 5.06. The minimum absolute atomic E-state index is 0.00319. The van der Waals surface area contributed by atoms with Gasteiger partial charge in [-0.2, -0.15) is 0 Å². The van der Waals surface area contributed by atoms with Crippen LogP contribution in [0, 0.1) is 0 Å². The van der Waals surface area contributed by atoms with Crippen molar-refractivity contribution in [1.29, 1.82) is 0 Å². The Morgan fingerprint density at radius 2 is 1.96 bits per heavy atom. The average Bonchev–Trinajstić information content (AvgIpc) is 2.99. The van der Waals surface area contributed by atoms with Gasteiger partial charge in [-0.3, -0.25) is 4.79 Å². The molecule has 1 N–H and O–H groups in total. The fourth-order valence-corrected chi connectivity index (χ4v) is 3.50. The number of carbonyl (C=O) groups excluding carboxylic acids is 1. The van der Waals surface area contributed by atoms with Gasteiger partial charge in [0.2, 0.25) is 5.91 Å². The van der Waals surface area contributed by atoms with Gasteiger partial charge in [0.15, 0.2) is 0 Å². The van der Waals surface area contributed by atoms with E-state index in [0.29, 0.717) is 6.54 Å². The Balaban J connectivity index is 1.71. The molecule has 0 saturated carbocycles. The van der Waals surface area contributed by atoms with E-state index < -0.39 is 0 Å². The Labute approximate surface area is 155 Å². The summed E-state index contributed by atoms with van der Waals surface area (Å²) < 4.78 is 5.33. The second-order valence-electron chi connectivity index (χ2n) is 6.92. The standard InChI is InChI=1S/C22H26N2O2/c1-15-19-11-6-5-8-16(19)13-20(15)22(25)23-14-21(24(2)3)17-9-7-10-18(12-17)26-4/h5-13,15,21H,14H2,1-4H3,(H,23,25)/t15-,21+/m0/s1. The van der Waals surface area contributed by atoms with E-state index >= 15 is 0 Å². The van der Waals surface area contributed by atoms with Gasteiger partial charge in [-0.15, -0.1) is 0 Å². The van der Waals surface area contributed by atoms with Crippen LogP contribution in [-0.2, 0) is 4.79 Å². The molecule has 4 nitrogen and oxygen atoms in total. The molecule has 2 aromatic carbocycles. The van der Waals surface area contributed by atoms with Crippen molar-refractivity contribution >= 4 is 12.0 Å². The van der Waals surface area contributed by atoms with Gasteiger partial charge in [-0.1, -0.05) is 43.3 Å². The summed E-state index contributed by atoms with van der Waals surface area (Å²) in [5.41, 5.74) is 4.30. The van der Waals surface area contributed by atoms with Crippen LogP contribution >= 0.6 is 0 Å². The fraction of sp³-hybridized carbons (Fsp3) is 0.318. The molecule has 0 spiro atoms. The number of hydrogen-bond donors (Lipinski definition) is 1. The number of carbonyl (C=O) groups is 1. The molecule has 0 saturated heterocycles. The summed E-state index contributed by atoms with van der Waals surface area (Å²) in [6.45, 7) is 2.63. The van der Waals surface area contributed by atoms with Crippen molar-refractivity contribution in [3.05, 3.63) is 70.8 Å². The molecule has 0 aliphatic heterocycles. The zero-order valence-electron chi connectivity index (χ0n) is 15.8. The van der Waals surface area contributed by atoms with E-state index in [2.05, 4.69) is 35.3 Å². The predicted octanol–water partition coefficient (Wildman–Crippen LogP) is 3.61. The van der Waals surface area contributed by atoms with Gasteiger partial charge in [0.1, 0.15) is 5.75 Å². The van der Waals surface area contributed by atoms with E-state index in [1.54, 1.807) is 7.11 Å². The first-order valence-electron chi connectivity index (χ1n) is 8.90. The number of amides is 1. The maximum atomic E-state index is 12.8. The van der Waals surface area contributed by atoms with Gasteiger partial charge in [0.25, 0.3) is 0 Å². The Morgan fingerprint density at radius 1 is 1.19 bits per heavy atom. The predicted molar refractivity (Wildman–Crippen MR) is 105 cm³/mol. The fourth-order valence-electron chi connectivity index (χ4n) is 3.50. The molecule has 2 aromatic rings. The van der Waals surface area contributed by atoms with Crippen LogP contribution in [0.1, 0.15) is 35.6 Å². The van der Waals surface area contributed by atoms with E-state index in [4.69, 9.17) is 4.74 Å². The molecule has 0 bridgehead atoms. The van der Waals surface area contributed by atoms with Gasteiger partial charge in [-0.05, 0) is 49.0 Å². The van der Waals surface area contributed by atoms with Crippen molar-refractivity contribution in [1.82, 2.24) is 10.2 Å². The normalized spacial score (nSPS) is 16.8. The molecule has 4 heteroatoms. The Hall–Kier alpha value is -2.59. The topological polar surface area (TPSA) is 41.6 Å². The molecule has 1 amide bonds. The maximum Gasteiger partial charge on any atom is 0.247 e. The summed E-state index contributed by atoms with van der Waals surface area (Å²) in [7, 11) is 5.70. The zero-order chi connectivity index (χ0) is 18.7. The molecule has 0 unspecified atom stereocenters. The van der Waals surface area contributed by atoms with Crippen molar-refractivity contribution in [2.45, 2.75) is 18.9 Å². The van der Waals surface area contributed by atoms with Crippen LogP contribution in [0.15, 0.2) is 54.1 Å². The third kappa shape index (κ3) is 3.65. The molecular formula is C22H26N2O2. The zero-order valence-corrected chi connectivity index (χ0v) is 15.8. The van der Waals surface area contributed by atoms with Crippen molar-refractivity contribution in [3.8, 4) is 5.75 Å². The smallest absolute Gasteiger partial charge is 0.247 e. The SMILES string of the molecule is COc1cccc([C@@H](CNC(=O)C2=Cc3ccccc3[C@@H]2C)N(C)C)c1. The van der Waals surface area contributed by atoms with Crippen LogP contribution in [0.2, 0.25) is 0 Å². The van der Waals surface area contributed by atoms with Gasteiger partial charge in [0.05, 0.1) is 13.2 Å². The molecule has 0 radical (unpaired) electrons. The number of rotatable bonds is 6. The van der Waals surface area contributed by atoms with Crippen LogP contribution in [0.25, 0.3) is 6.08 Å². The molecule has 0 heterocycles. The number of nitrogens with zero attached hydrogens (tertiary/aromatic N) is 1. The molecule has 1 aliphatic rings. The van der Waals surface area contributed by atoms with Crippen molar-refractivity contribution in [2.24, 2.45) is 0 Å². The Morgan fingerprint density at radius 3 is 2.65 bits per heavy atom. The van der Waals surface area contributed by atoms with E-state index in [1.807, 2.05) is 50.5 Å². The number of methoxy groups -OCH3 is 1. The minimum atomic E-state index is 0.00319. The highest BCUT2D eigenvalue weighted by Gasteiger charge is 2.26. The number of fused-ring (bicyclic) bond motifs is 1. The third-order valence-corrected chi connectivity index (χ3v) is 5.06. The highest BCUT2D eigenvalue weighted by Crippen LogP contribution is 2.35. The molecule has 2 atom stereocenters. The molecule has 0 aromatic heterocycles. The lowest BCUT2D eigenvalue weighted by Gasteiger charge is -2.26. The van der Waals surface area contributed by atoms with E-state index in [9.17, 15) is 4.79 Å². The molecule has 3 rings (SSSR count). The highest BCUT2D eigenvalue weighted by atomic mass is 16.5. The van der Waals surface area contributed by atoms with E-state index in [0.717, 1.165) is 22.4 Å². The Kier molecular flexibility index (Phi) is 5.43. The first kappa shape index (κ1) is 18.2. The summed E-state index contributed by atoms with van der Waals surface area (Å²) in [5, 5.41) is 3.12. The van der Waals surface area contributed by atoms with Crippen molar-refractivity contribution in [3.63, 3.8) is 0 Å². The first-order valence-corrected chi connectivity index (χ1v) is 8.90. The van der Waals surface area contributed by atoms with Gasteiger partial charge in [0, 0.05) is 18.0 Å². The van der Waals surface area contributed by atoms with E-state index in [1.165, 1.54) is 5.56 Å². The second kappa shape index (κ2) is 7.75. The van der Waals surface area contributed by atoms with Crippen LogP contribution in [0.3, 0.4) is 0 Å². The molecule has 1 aliphatic carbocycles. The van der Waals surface area contributed by atoms with Crippen LogP contribution in [-0.4, -0.2) is 38.6 Å². The second-order valence-corrected chi connectivity index (χ2v) is 6.92. The largest absolute Gasteiger partial charge is 0.497 e. The average molecular weight is 350 g/mol. The summed E-state index contributed by atoms with van der Waals surface area (Å²) in [6, 6.07) is 16.2. The van der Waals surface area contributed by atoms with Crippen LogP contribution in [0.4, 0.5) is 0 Å². The van der Waals surface area contributed by atoms with E-state index in [-0.39, 0.29) is 17.9 Å². The lowest BCUT2D eigenvalue weighted by molar-refractivity contribution is -0.117. The molecule has 26 heavy (non-hydrogen) atoms. The number of nitrogens with one attached hydrogen (secondary N) is 1. The number of benzene rings is 2. The first-order chi connectivity index (χ1) is 12.5. The monoisotopic (exact) mass is 350 g/mol.